The van der Waals surface area contributed by atoms with Gasteiger partial charge < -0.3 is 4.90 Å². The molecule has 0 aliphatic carbocycles. The highest BCUT2D eigenvalue weighted by Crippen LogP contribution is 3.02. The van der Waals surface area contributed by atoms with Gasteiger partial charge in [0, 0.05) is 25.2 Å². The largest absolute Gasteiger partial charge is 0.331 e. The summed E-state index contributed by atoms with van der Waals surface area (Å²) in [7, 11) is -14.5. The van der Waals surface area contributed by atoms with Gasteiger partial charge in [-0.1, -0.05) is 30.7 Å². The summed E-state index contributed by atoms with van der Waals surface area (Å²) in [5.41, 5.74) is 0.152. The molecule has 5 rings (SSSR count). The molecule has 2 bridgehead atoms. The van der Waals surface area contributed by atoms with Gasteiger partial charge in [0.2, 0.25) is 10.0 Å². The Morgan fingerprint density at radius 3 is 2.22 bits per heavy atom. The Bertz CT molecular complexity index is 1190. The van der Waals surface area contributed by atoms with Crippen LogP contribution in [-0.2, 0) is 10.0 Å². The van der Waals surface area contributed by atoms with Gasteiger partial charge in [0.15, 0.2) is 5.69 Å². The molecule has 3 aliphatic rings. The molecule has 4 atom stereocenters. The number of halogens is 5. The van der Waals surface area contributed by atoms with Crippen LogP contribution in [0, 0.1) is 11.8 Å². The van der Waals surface area contributed by atoms with Crippen molar-refractivity contribution in [2.24, 2.45) is 11.8 Å². The molecule has 1 amide bonds. The van der Waals surface area contributed by atoms with Gasteiger partial charge in [-0.05, 0) is 42.9 Å². The van der Waals surface area contributed by atoms with Crippen LogP contribution in [0.2, 0.25) is 0 Å². The lowest BCUT2D eigenvalue weighted by atomic mass is 9.82. The maximum atomic E-state index is 13.2. The van der Waals surface area contributed by atoms with Crippen molar-refractivity contribution in [1.29, 1.82) is 0 Å². The van der Waals surface area contributed by atoms with Crippen LogP contribution < -0.4 is 0 Å². The zero-order valence-electron chi connectivity index (χ0n) is 16.2. The molecule has 0 unspecified atom stereocenters. The van der Waals surface area contributed by atoms with E-state index in [9.17, 15) is 32.6 Å². The van der Waals surface area contributed by atoms with E-state index in [0.29, 0.717) is 18.9 Å². The number of nitrogens with zero attached hydrogens (tertiary/aromatic N) is 4. The highest BCUT2D eigenvalue weighted by Gasteiger charge is 2.66. The summed E-state index contributed by atoms with van der Waals surface area (Å²) in [6.07, 6.45) is 2.71. The van der Waals surface area contributed by atoms with Crippen LogP contribution in [0.3, 0.4) is 0 Å². The number of nitrogens with one attached hydrogen (secondary N) is 1. The van der Waals surface area contributed by atoms with E-state index >= 15 is 0 Å². The van der Waals surface area contributed by atoms with Crippen molar-refractivity contribution < 1.29 is 32.6 Å². The fourth-order valence-electron chi connectivity index (χ4n) is 5.30. The molecule has 15 heteroatoms. The number of fused-ring (bicyclic) bond motifs is 5. The van der Waals surface area contributed by atoms with Crippen molar-refractivity contribution >= 4 is 26.2 Å². The third-order valence-electron chi connectivity index (χ3n) is 6.60. The maximum absolute atomic E-state index is 13.2. The van der Waals surface area contributed by atoms with Gasteiger partial charge in [0.25, 0.3) is 5.91 Å². The fraction of sp³-hybridized carbons (Fsp3) is 0.471. The number of aromatic amines is 1. The van der Waals surface area contributed by atoms with Crippen LogP contribution in [0.4, 0.5) is 19.4 Å². The van der Waals surface area contributed by atoms with Crippen molar-refractivity contribution in [3.63, 3.8) is 0 Å². The van der Waals surface area contributed by atoms with Crippen LogP contribution >= 0.6 is 10.2 Å². The highest BCUT2D eigenvalue weighted by atomic mass is 32.5. The van der Waals surface area contributed by atoms with E-state index in [-0.39, 0.29) is 60.7 Å². The number of carbonyl (C=O) groups is 1. The third-order valence-corrected chi connectivity index (χ3v) is 9.57. The highest BCUT2D eigenvalue weighted by molar-refractivity contribution is 8.45. The first kappa shape index (κ1) is 21.6. The van der Waals surface area contributed by atoms with E-state index in [1.54, 1.807) is 4.90 Å². The normalized spacial score (nSPS) is 30.2. The molecule has 0 spiro atoms. The Balaban J connectivity index is 1.40. The van der Waals surface area contributed by atoms with Gasteiger partial charge in [-0.25, -0.2) is 8.42 Å². The van der Waals surface area contributed by atoms with E-state index < -0.39 is 30.0 Å². The molecule has 0 saturated carbocycles. The van der Waals surface area contributed by atoms with Crippen molar-refractivity contribution in [3.8, 4) is 0 Å². The number of carbonyl (C=O) groups excluding carboxylic acids is 1. The second-order valence-electron chi connectivity index (χ2n) is 8.38. The summed E-state index contributed by atoms with van der Waals surface area (Å²) in [4.78, 5) is 11.4. The van der Waals surface area contributed by atoms with E-state index in [1.165, 1.54) is 6.20 Å². The van der Waals surface area contributed by atoms with E-state index in [0.717, 1.165) is 10.4 Å². The molecule has 3 aliphatic heterocycles. The number of amides is 1. The van der Waals surface area contributed by atoms with Gasteiger partial charge in [0.1, 0.15) is 4.90 Å². The van der Waals surface area contributed by atoms with Crippen LogP contribution in [0.15, 0.2) is 40.3 Å². The quantitative estimate of drug-likeness (QED) is 0.651. The molecule has 4 heterocycles. The van der Waals surface area contributed by atoms with Crippen molar-refractivity contribution in [2.45, 2.75) is 34.7 Å². The zero-order valence-corrected chi connectivity index (χ0v) is 17.9. The van der Waals surface area contributed by atoms with E-state index in [4.69, 9.17) is 0 Å². The summed E-state index contributed by atoms with van der Waals surface area (Å²) in [5.74, 6) is -0.699. The van der Waals surface area contributed by atoms with E-state index in [1.807, 2.05) is 0 Å². The number of benzene rings is 1. The first-order chi connectivity index (χ1) is 14.7. The minimum atomic E-state index is -10.0. The lowest BCUT2D eigenvalue weighted by Crippen LogP contribution is -2.41. The fourth-order valence-corrected chi connectivity index (χ4v) is 7.62. The maximum Gasteiger partial charge on any atom is 0.310 e. The first-order valence-electron chi connectivity index (χ1n) is 9.70. The van der Waals surface area contributed by atoms with Crippen molar-refractivity contribution in [1.82, 2.24) is 24.6 Å². The van der Waals surface area contributed by atoms with Crippen LogP contribution in [0.5, 0.6) is 0 Å². The molecule has 176 valence electrons. The minimum absolute atomic E-state index is 0.00000162. The lowest BCUT2D eigenvalue weighted by Gasteiger charge is -2.40. The number of hydrogen-bond acceptors (Lipinski definition) is 5. The predicted octanol–water partition coefficient (Wildman–Crippen LogP) is 3.39. The monoisotopic (exact) mass is 499 g/mol. The standard InChI is InChI=1S/C17H18F5N5O3S2/c18-32(19,20,21,22)11-3-1-2-10(6-11)31(29,30)26-8-12-13(9-26)16-5-4-15(12)27(16)17(28)14-7-23-25-24-14/h1-3,6-7,12-13,15-16H,4-5,8-9H2,(H,23,24,25)/t12-,13+,15-,16+. The predicted molar refractivity (Wildman–Crippen MR) is 103 cm³/mol. The van der Waals surface area contributed by atoms with Crippen LogP contribution in [0.1, 0.15) is 23.3 Å². The number of hydrogen-bond donors (Lipinski definition) is 1. The van der Waals surface area contributed by atoms with Gasteiger partial charge in [-0.2, -0.15) is 4.31 Å². The number of H-pyrrole nitrogens is 1. The first-order valence-corrected chi connectivity index (χ1v) is 13.1. The Morgan fingerprint density at radius 2 is 1.69 bits per heavy atom. The summed E-state index contributed by atoms with van der Waals surface area (Å²) in [5, 5.41) is 9.73. The second kappa shape index (κ2) is 5.99. The van der Waals surface area contributed by atoms with Gasteiger partial charge in [-0.15, -0.1) is 5.10 Å². The molecule has 1 N–H and O–H groups in total. The molecule has 3 fully saturated rings. The van der Waals surface area contributed by atoms with Crippen molar-refractivity contribution in [2.75, 3.05) is 13.1 Å². The van der Waals surface area contributed by atoms with Gasteiger partial charge in [-0.3, -0.25) is 9.89 Å². The molecule has 3 saturated heterocycles. The molecule has 1 aromatic carbocycles. The number of rotatable bonds is 4. The second-order valence-corrected chi connectivity index (χ2v) is 12.7. The van der Waals surface area contributed by atoms with Gasteiger partial charge >= 0.3 is 10.2 Å². The third kappa shape index (κ3) is 3.28. The topological polar surface area (TPSA) is 99.3 Å². The summed E-state index contributed by atoms with van der Waals surface area (Å²) in [6, 6.07) is 1.26. The van der Waals surface area contributed by atoms with E-state index in [2.05, 4.69) is 15.4 Å². The molecule has 0 radical (unpaired) electrons. The Morgan fingerprint density at radius 1 is 1.06 bits per heavy atom. The SMILES string of the molecule is O=C(c1c[nH]nn1)N1[C@@H]2CC[C@H]1[C@H]1CN(S(=O)(=O)c3cccc(S(F)(F)(F)(F)F)c3)C[C@H]12. The lowest BCUT2D eigenvalue weighted by molar-refractivity contribution is 0.0698. The molecular weight excluding hydrogens is 481 g/mol. The summed E-state index contributed by atoms with van der Waals surface area (Å²) in [6.45, 7) is -0.00516. The number of sulfonamides is 1. The van der Waals surface area contributed by atoms with Crippen molar-refractivity contribution in [3.05, 3.63) is 36.2 Å². The molecule has 8 nitrogen and oxygen atoms in total. The summed E-state index contributed by atoms with van der Waals surface area (Å²) < 4.78 is 92.9. The van der Waals surface area contributed by atoms with Gasteiger partial charge in [0.05, 0.1) is 11.1 Å². The molecular formula is C17H18F5N5O3S2. The smallest absolute Gasteiger partial charge is 0.310 e. The Kier molecular flexibility index (Phi) is 4.04. The average molecular weight is 499 g/mol. The zero-order chi connectivity index (χ0) is 23.2. The average Bonchev–Trinajstić information content (AvgIpc) is 3.47. The Labute approximate surface area is 179 Å². The minimum Gasteiger partial charge on any atom is -0.331 e. The summed E-state index contributed by atoms with van der Waals surface area (Å²) >= 11 is 0. The molecule has 1 aromatic heterocycles. The molecule has 2 aromatic rings. The Hall–Kier alpha value is -2.26. The molecule has 32 heavy (non-hydrogen) atoms. The van der Waals surface area contributed by atoms with Crippen LogP contribution in [0.25, 0.3) is 0 Å². The van der Waals surface area contributed by atoms with Crippen LogP contribution in [-0.4, -0.2) is 64.1 Å². The number of aromatic nitrogens is 3.